The molecule has 0 atom stereocenters. The molecule has 1 aromatic heterocycles. The third-order valence-corrected chi connectivity index (χ3v) is 1.82. The lowest BCUT2D eigenvalue weighted by Crippen LogP contribution is -1.90. The van der Waals surface area contributed by atoms with Gasteiger partial charge in [0.1, 0.15) is 0 Å². The number of rotatable bonds is 1. The van der Waals surface area contributed by atoms with Crippen LogP contribution in [0.4, 0.5) is 0 Å². The highest BCUT2D eigenvalue weighted by Crippen LogP contribution is 2.11. The Balaban J connectivity index is 2.98. The molecule has 0 amide bonds. The first kappa shape index (κ1) is 6.24. The van der Waals surface area contributed by atoms with E-state index in [4.69, 9.17) is 5.11 Å². The first-order valence-corrected chi connectivity index (χ1v) is 3.41. The van der Waals surface area contributed by atoms with Crippen molar-refractivity contribution in [2.24, 2.45) is 0 Å². The molecule has 0 unspecified atom stereocenters. The highest BCUT2D eigenvalue weighted by molar-refractivity contribution is 7.31. The summed E-state index contributed by atoms with van der Waals surface area (Å²) in [5, 5.41) is 8.84. The first-order valence-electron chi connectivity index (χ1n) is 2.45. The van der Waals surface area contributed by atoms with E-state index in [9.17, 15) is 4.79 Å². The summed E-state index contributed by atoms with van der Waals surface area (Å²) in [4.78, 5) is 10.2. The maximum Gasteiger partial charge on any atom is 0.340 e. The van der Waals surface area contributed by atoms with Gasteiger partial charge in [0, 0.05) is 0 Å². The van der Waals surface area contributed by atoms with Gasteiger partial charge in [-0.25, -0.2) is 4.79 Å². The van der Waals surface area contributed by atoms with Gasteiger partial charge in [0.25, 0.3) is 0 Å². The van der Waals surface area contributed by atoms with E-state index >= 15 is 0 Å². The third-order valence-electron chi connectivity index (χ3n) is 0.884. The molecule has 0 radical (unpaired) electrons. The van der Waals surface area contributed by atoms with Crippen molar-refractivity contribution in [1.82, 2.24) is 0 Å². The highest BCUT2D eigenvalue weighted by Gasteiger charge is 1.97. The molecule has 1 rings (SSSR count). The Kier molecular flexibility index (Phi) is 1.81. The number of hydrogen-bond acceptors (Lipinski definition) is 1. The molecular weight excluding hydrogens is 135 g/mol. The van der Waals surface area contributed by atoms with Crippen LogP contribution in [0.2, 0.25) is 0 Å². The highest BCUT2D eigenvalue weighted by atomic mass is 31.0. The van der Waals surface area contributed by atoms with Gasteiger partial charge in [-0.05, 0) is 11.9 Å². The summed E-state index contributed by atoms with van der Waals surface area (Å²) in [5.74, 6) is 0.959. The van der Waals surface area contributed by atoms with E-state index < -0.39 is 5.97 Å². The second-order valence-electron chi connectivity index (χ2n) is 1.52. The standard InChI is InChI=1S/C6H5O2P/c7-6(8)5-3-1-2-4-9-5/h1-4H,(H,7,8). The molecule has 1 aromatic rings. The summed E-state index contributed by atoms with van der Waals surface area (Å²) in [6.07, 6.45) is 0. The van der Waals surface area contributed by atoms with Crippen LogP contribution in [-0.2, 0) is 0 Å². The molecule has 0 fully saturated rings. The van der Waals surface area contributed by atoms with Crippen LogP contribution in [0.25, 0.3) is 0 Å². The van der Waals surface area contributed by atoms with Gasteiger partial charge in [-0.1, -0.05) is 20.3 Å². The first-order chi connectivity index (χ1) is 4.30. The van der Waals surface area contributed by atoms with Gasteiger partial charge in [-0.3, -0.25) is 0 Å². The zero-order chi connectivity index (χ0) is 6.69. The minimum Gasteiger partial charge on any atom is -0.477 e. The number of carboxylic acid groups (broad SMARTS) is 1. The summed E-state index contributed by atoms with van der Waals surface area (Å²) in [6, 6.07) is 5.15. The average Bonchev–Trinajstić information content (AvgIpc) is 1.90. The quantitative estimate of drug-likeness (QED) is 0.647. The van der Waals surface area contributed by atoms with Gasteiger partial charge in [0.2, 0.25) is 0 Å². The van der Waals surface area contributed by atoms with E-state index in [-0.39, 0.29) is 0 Å². The molecule has 3 heteroatoms. The van der Waals surface area contributed by atoms with Crippen molar-refractivity contribution in [3.63, 3.8) is 0 Å². The van der Waals surface area contributed by atoms with Crippen LogP contribution in [-0.4, -0.2) is 11.1 Å². The summed E-state index contributed by atoms with van der Waals surface area (Å²) >= 11 is 0. The molecule has 46 valence electrons. The van der Waals surface area contributed by atoms with E-state index in [0.29, 0.717) is 5.30 Å². The Morgan fingerprint density at radius 1 is 1.56 bits per heavy atom. The second kappa shape index (κ2) is 2.60. The lowest BCUT2D eigenvalue weighted by molar-refractivity contribution is 0.0702. The molecule has 0 aromatic carbocycles. The summed E-state index contributed by atoms with van der Waals surface area (Å²) in [5.41, 5.74) is 0. The zero-order valence-electron chi connectivity index (χ0n) is 4.61. The van der Waals surface area contributed by atoms with Gasteiger partial charge in [0.15, 0.2) is 0 Å². The minimum atomic E-state index is -0.836. The molecule has 1 N–H and O–H groups in total. The monoisotopic (exact) mass is 140 g/mol. The molecule has 0 saturated carbocycles. The van der Waals surface area contributed by atoms with E-state index in [2.05, 4.69) is 0 Å². The lowest BCUT2D eigenvalue weighted by Gasteiger charge is -1.87. The second-order valence-corrected chi connectivity index (χ2v) is 2.56. The van der Waals surface area contributed by atoms with Crippen molar-refractivity contribution >= 4 is 14.2 Å². The van der Waals surface area contributed by atoms with Crippen LogP contribution in [0.3, 0.4) is 0 Å². The van der Waals surface area contributed by atoms with Gasteiger partial charge in [0.05, 0.1) is 5.30 Å². The van der Waals surface area contributed by atoms with Crippen LogP contribution >= 0.6 is 8.19 Å². The molecule has 1 heterocycles. The fourth-order valence-corrected chi connectivity index (χ4v) is 1.12. The summed E-state index contributed by atoms with van der Waals surface area (Å²) in [6.45, 7) is 0. The molecule has 0 aliphatic carbocycles. The fourth-order valence-electron chi connectivity index (χ4n) is 0.489. The molecule has 0 spiro atoms. The third kappa shape index (κ3) is 1.51. The topological polar surface area (TPSA) is 37.3 Å². The summed E-state index contributed by atoms with van der Waals surface area (Å²) in [7, 11) is 0.772. The minimum absolute atomic E-state index is 0.428. The lowest BCUT2D eigenvalue weighted by atomic mass is 10.4. The predicted molar refractivity (Wildman–Crippen MR) is 35.9 cm³/mol. The van der Waals surface area contributed by atoms with E-state index in [0.717, 1.165) is 8.19 Å². The number of carbonyl (C=O) groups is 1. The molecule has 9 heavy (non-hydrogen) atoms. The Labute approximate surface area is 54.2 Å². The van der Waals surface area contributed by atoms with Crippen molar-refractivity contribution in [3.8, 4) is 0 Å². The molecular formula is C6H5O2P. The molecule has 0 bridgehead atoms. The number of hydrogen-bond donors (Lipinski definition) is 1. The van der Waals surface area contributed by atoms with Crippen molar-refractivity contribution < 1.29 is 9.90 Å². The number of aromatic carboxylic acids is 1. The van der Waals surface area contributed by atoms with Crippen LogP contribution < -0.4 is 0 Å². The van der Waals surface area contributed by atoms with Crippen molar-refractivity contribution in [2.75, 3.05) is 0 Å². The largest absolute Gasteiger partial charge is 0.477 e. The molecule has 0 saturated heterocycles. The normalized spacial score (nSPS) is 9.78. The Morgan fingerprint density at radius 3 is 2.67 bits per heavy atom. The van der Waals surface area contributed by atoms with Gasteiger partial charge < -0.3 is 5.11 Å². The van der Waals surface area contributed by atoms with E-state index in [1.165, 1.54) is 0 Å². The Hall–Kier alpha value is -0.880. The van der Waals surface area contributed by atoms with Gasteiger partial charge in [-0.15, -0.1) is 0 Å². The fraction of sp³-hybridized carbons (Fsp3) is 0. The van der Waals surface area contributed by atoms with Crippen molar-refractivity contribution in [3.05, 3.63) is 29.3 Å². The maximum atomic E-state index is 10.2. The zero-order valence-corrected chi connectivity index (χ0v) is 5.51. The van der Waals surface area contributed by atoms with E-state index in [1.54, 1.807) is 17.9 Å². The van der Waals surface area contributed by atoms with Crippen LogP contribution in [0.1, 0.15) is 10.1 Å². The van der Waals surface area contributed by atoms with Gasteiger partial charge in [-0.2, -0.15) is 0 Å². The SMILES string of the molecule is O=C(O)c1ccccp1. The Bertz CT molecular complexity index is 208. The Morgan fingerprint density at radius 2 is 2.33 bits per heavy atom. The average molecular weight is 140 g/mol. The molecule has 2 nitrogen and oxygen atoms in total. The molecule has 0 aliphatic heterocycles. The maximum absolute atomic E-state index is 10.2. The predicted octanol–water partition coefficient (Wildman–Crippen LogP) is 1.96. The van der Waals surface area contributed by atoms with E-state index in [1.807, 2.05) is 6.07 Å². The smallest absolute Gasteiger partial charge is 0.340 e. The van der Waals surface area contributed by atoms with Crippen LogP contribution in [0.15, 0.2) is 24.0 Å². The van der Waals surface area contributed by atoms with Crippen LogP contribution in [0, 0.1) is 0 Å². The molecule has 0 aliphatic rings. The number of carboxylic acids is 1. The van der Waals surface area contributed by atoms with Crippen molar-refractivity contribution in [2.45, 2.75) is 0 Å². The van der Waals surface area contributed by atoms with Gasteiger partial charge >= 0.3 is 5.97 Å². The summed E-state index contributed by atoms with van der Waals surface area (Å²) < 4.78 is 0. The van der Waals surface area contributed by atoms with Crippen LogP contribution in [0.5, 0.6) is 0 Å². The van der Waals surface area contributed by atoms with Crippen molar-refractivity contribution in [1.29, 1.82) is 0 Å².